The van der Waals surface area contributed by atoms with E-state index in [0.717, 1.165) is 5.56 Å². The van der Waals surface area contributed by atoms with Crippen molar-refractivity contribution in [2.75, 3.05) is 0 Å². The molecule has 1 aromatic rings. The van der Waals surface area contributed by atoms with Crippen LogP contribution in [-0.2, 0) is 26.3 Å². The number of nitrogens with one attached hydrogen (secondary N) is 2. The van der Waals surface area contributed by atoms with Crippen molar-refractivity contribution >= 4 is 22.1 Å². The second-order valence-electron chi connectivity index (χ2n) is 7.18. The number of amides is 2. The summed E-state index contributed by atoms with van der Waals surface area (Å²) in [7, 11) is -5.00. The minimum Gasteiger partial charge on any atom is -0.746 e. The van der Waals surface area contributed by atoms with E-state index in [1.807, 2.05) is 19.9 Å². The van der Waals surface area contributed by atoms with E-state index in [1.54, 1.807) is 31.2 Å². The molecule has 2 amide bonds. The van der Waals surface area contributed by atoms with Gasteiger partial charge in [0.1, 0.15) is 22.8 Å². The fourth-order valence-electron chi connectivity index (χ4n) is 2.69. The average molecular weight is 453 g/mol. The first-order chi connectivity index (χ1) is 13.5. The van der Waals surface area contributed by atoms with Crippen molar-refractivity contribution in [3.8, 4) is 0 Å². The quantitative estimate of drug-likeness (QED) is 0.273. The molecule has 11 heteroatoms. The summed E-state index contributed by atoms with van der Waals surface area (Å²) in [6.45, 7) is 5.43. The topological polar surface area (TPSA) is 145 Å². The Bertz CT molecular complexity index is 759. The molecule has 0 aliphatic rings. The first-order valence-electron chi connectivity index (χ1n) is 9.45. The first kappa shape index (κ1) is 28.8. The summed E-state index contributed by atoms with van der Waals surface area (Å²) in [6, 6.07) is 6.71. The van der Waals surface area contributed by atoms with Crippen molar-refractivity contribution in [2.24, 2.45) is 5.92 Å². The summed E-state index contributed by atoms with van der Waals surface area (Å²) in [4.78, 5) is 24.7. The third kappa shape index (κ3) is 10.7. The maximum absolute atomic E-state index is 12.6. The van der Waals surface area contributed by atoms with Crippen LogP contribution in [0.15, 0.2) is 30.3 Å². The number of benzene rings is 1. The molecule has 1 rings (SSSR count). The number of aliphatic hydroxyl groups excluding tert-OH is 1. The van der Waals surface area contributed by atoms with Crippen molar-refractivity contribution in [2.45, 2.75) is 64.2 Å². The molecule has 1 unspecified atom stereocenters. The summed E-state index contributed by atoms with van der Waals surface area (Å²) in [5, 5.41) is 14.6. The summed E-state index contributed by atoms with van der Waals surface area (Å²) in [5.41, 5.74) is -1.49. The van der Waals surface area contributed by atoms with Crippen molar-refractivity contribution in [3.05, 3.63) is 35.9 Å². The normalized spacial score (nSPS) is 14.2. The Kier molecular flexibility index (Phi) is 13.5. The van der Waals surface area contributed by atoms with E-state index in [0.29, 0.717) is 6.42 Å². The van der Waals surface area contributed by atoms with Gasteiger partial charge >= 0.3 is 35.7 Å². The molecule has 0 saturated carbocycles. The van der Waals surface area contributed by atoms with E-state index in [9.17, 15) is 27.7 Å². The zero-order valence-corrected chi connectivity index (χ0v) is 20.6. The van der Waals surface area contributed by atoms with Gasteiger partial charge in [-0.25, -0.2) is 13.2 Å². The van der Waals surface area contributed by atoms with Crippen LogP contribution in [-0.4, -0.2) is 47.6 Å². The van der Waals surface area contributed by atoms with Crippen LogP contribution >= 0.6 is 0 Å². The molecule has 0 aliphatic heterocycles. The number of carbonyl (C=O) groups is 2. The third-order valence-electron chi connectivity index (χ3n) is 4.10. The first-order valence-corrected chi connectivity index (χ1v) is 10.9. The molecule has 0 aliphatic carbocycles. The van der Waals surface area contributed by atoms with Crippen LogP contribution in [0.4, 0.5) is 4.79 Å². The largest absolute Gasteiger partial charge is 1.00 e. The van der Waals surface area contributed by atoms with E-state index < -0.39 is 39.6 Å². The molecule has 0 bridgehead atoms. The molecule has 0 heterocycles. The van der Waals surface area contributed by atoms with Crippen LogP contribution in [0.25, 0.3) is 0 Å². The van der Waals surface area contributed by atoms with Gasteiger partial charge in [-0.1, -0.05) is 57.5 Å². The third-order valence-corrected chi connectivity index (χ3v) is 5.02. The van der Waals surface area contributed by atoms with Gasteiger partial charge in [0.25, 0.3) is 0 Å². The van der Waals surface area contributed by atoms with Crippen LogP contribution in [0, 0.1) is 5.92 Å². The smallest absolute Gasteiger partial charge is 0.746 e. The maximum Gasteiger partial charge on any atom is 1.00 e. The molecule has 3 atom stereocenters. The van der Waals surface area contributed by atoms with Crippen LogP contribution in [0.5, 0.6) is 0 Å². The number of ether oxygens (including phenoxy) is 1. The fourth-order valence-corrected chi connectivity index (χ4v) is 3.30. The number of aliphatic hydroxyl groups is 1. The van der Waals surface area contributed by atoms with Crippen molar-refractivity contribution in [1.29, 1.82) is 0 Å². The molecule has 1 aromatic carbocycles. The Morgan fingerprint density at radius 1 is 1.17 bits per heavy atom. The van der Waals surface area contributed by atoms with Gasteiger partial charge in [0, 0.05) is 0 Å². The van der Waals surface area contributed by atoms with Crippen LogP contribution in [0.2, 0.25) is 0 Å². The van der Waals surface area contributed by atoms with E-state index in [-0.39, 0.29) is 54.9 Å². The summed E-state index contributed by atoms with van der Waals surface area (Å²) in [6.07, 6.45) is -0.0374. The molecule has 0 aromatic heterocycles. The molecule has 0 radical (unpaired) electrons. The summed E-state index contributed by atoms with van der Waals surface area (Å²) in [5.74, 6) is -0.672. The number of rotatable bonds is 11. The van der Waals surface area contributed by atoms with E-state index in [4.69, 9.17) is 4.74 Å². The SMILES string of the molecule is CCC[C@H](NC(=O)[C@H](CC(C)C)NC(=O)OCc1ccccc1)C(O)S(=O)(=O)[O-].[Na+]. The van der Waals surface area contributed by atoms with Gasteiger partial charge in [0.2, 0.25) is 5.91 Å². The molecular weight excluding hydrogens is 423 g/mol. The van der Waals surface area contributed by atoms with Gasteiger partial charge in [-0.05, 0) is 24.3 Å². The fraction of sp³-hybridized carbons (Fsp3) is 0.579. The molecule has 9 nitrogen and oxygen atoms in total. The van der Waals surface area contributed by atoms with Crippen LogP contribution in [0.1, 0.15) is 45.6 Å². The van der Waals surface area contributed by atoms with E-state index >= 15 is 0 Å². The van der Waals surface area contributed by atoms with Crippen LogP contribution < -0.4 is 40.2 Å². The molecule has 0 saturated heterocycles. The van der Waals surface area contributed by atoms with Gasteiger partial charge in [-0.15, -0.1) is 0 Å². The Hall–Kier alpha value is -1.17. The molecular formula is C19H29N2NaO7S. The Morgan fingerprint density at radius 3 is 2.27 bits per heavy atom. The molecule has 3 N–H and O–H groups in total. The predicted octanol–water partition coefficient (Wildman–Crippen LogP) is -1.52. The molecule has 0 fully saturated rings. The molecule has 30 heavy (non-hydrogen) atoms. The van der Waals surface area contributed by atoms with Gasteiger partial charge in [0.15, 0.2) is 5.44 Å². The van der Waals surface area contributed by atoms with Crippen molar-refractivity contribution in [1.82, 2.24) is 10.6 Å². The monoisotopic (exact) mass is 452 g/mol. The zero-order chi connectivity index (χ0) is 22.0. The Labute approximate surface area is 200 Å². The average Bonchev–Trinajstić information content (AvgIpc) is 2.64. The second kappa shape index (κ2) is 14.0. The Balaban J connectivity index is 0.00000841. The van der Waals surface area contributed by atoms with Crippen molar-refractivity contribution in [3.63, 3.8) is 0 Å². The van der Waals surface area contributed by atoms with Gasteiger partial charge < -0.3 is 25.0 Å². The van der Waals surface area contributed by atoms with Gasteiger partial charge in [0.05, 0.1) is 6.04 Å². The summed E-state index contributed by atoms with van der Waals surface area (Å²) < 4.78 is 38.5. The maximum atomic E-state index is 12.6. The molecule has 164 valence electrons. The second-order valence-corrected chi connectivity index (χ2v) is 8.64. The minimum absolute atomic E-state index is 0. The van der Waals surface area contributed by atoms with Gasteiger partial charge in [-0.3, -0.25) is 4.79 Å². The number of hydrogen-bond donors (Lipinski definition) is 3. The number of carbonyl (C=O) groups excluding carboxylic acids is 2. The molecule has 0 spiro atoms. The van der Waals surface area contributed by atoms with Crippen molar-refractivity contribution < 1.29 is 62.0 Å². The van der Waals surface area contributed by atoms with E-state index in [2.05, 4.69) is 10.6 Å². The predicted molar refractivity (Wildman–Crippen MR) is 106 cm³/mol. The zero-order valence-electron chi connectivity index (χ0n) is 17.8. The van der Waals surface area contributed by atoms with Crippen LogP contribution in [0.3, 0.4) is 0 Å². The Morgan fingerprint density at radius 2 is 1.77 bits per heavy atom. The number of hydrogen-bond acceptors (Lipinski definition) is 7. The number of alkyl carbamates (subject to hydrolysis) is 1. The standard InChI is InChI=1S/C19H30N2O7S.Na/c1-4-8-15(18(23)29(25,26)27)20-17(22)16(11-13(2)3)21-19(24)28-12-14-9-6-5-7-10-14;/h5-7,9-10,13,15-16,18,23H,4,8,11-12H2,1-3H3,(H,20,22)(H,21,24)(H,25,26,27);/q;+1/p-1/t15-,16-,18?;/m0./s1. The minimum atomic E-state index is -5.00. The summed E-state index contributed by atoms with van der Waals surface area (Å²) >= 11 is 0. The van der Waals surface area contributed by atoms with E-state index in [1.165, 1.54) is 0 Å². The van der Waals surface area contributed by atoms with Gasteiger partial charge in [-0.2, -0.15) is 0 Å².